The zero-order valence-electron chi connectivity index (χ0n) is 22.4. The van der Waals surface area contributed by atoms with Gasteiger partial charge in [0, 0.05) is 57.2 Å². The summed E-state index contributed by atoms with van der Waals surface area (Å²) in [6.07, 6.45) is 11.5. The molecule has 0 spiro atoms. The summed E-state index contributed by atoms with van der Waals surface area (Å²) in [6.45, 7) is 7.27. The van der Waals surface area contributed by atoms with E-state index in [4.69, 9.17) is 9.97 Å². The first-order chi connectivity index (χ1) is 18.2. The van der Waals surface area contributed by atoms with Crippen molar-refractivity contribution < 1.29 is 5.11 Å². The molecule has 3 aromatic rings. The monoisotopic (exact) mass is 506 g/mol. The van der Waals surface area contributed by atoms with Gasteiger partial charge in [-0.2, -0.15) is 9.61 Å². The predicted molar refractivity (Wildman–Crippen MR) is 149 cm³/mol. The average Bonchev–Trinajstić information content (AvgIpc) is 3.36. The van der Waals surface area contributed by atoms with Gasteiger partial charge in [-0.05, 0) is 75.6 Å². The van der Waals surface area contributed by atoms with E-state index in [9.17, 15) is 5.11 Å². The Morgan fingerprint density at radius 1 is 1.16 bits per heavy atom. The number of nitrogens with one attached hydrogen (secondary N) is 2. The van der Waals surface area contributed by atoms with E-state index >= 15 is 0 Å². The smallest absolute Gasteiger partial charge is 0.162 e. The zero-order valence-corrected chi connectivity index (χ0v) is 22.4. The molecule has 2 aliphatic heterocycles. The van der Waals surface area contributed by atoms with Crippen molar-refractivity contribution >= 4 is 23.1 Å². The lowest BCUT2D eigenvalue weighted by molar-refractivity contribution is 0.262. The van der Waals surface area contributed by atoms with Crippen LogP contribution in [0.1, 0.15) is 56.6 Å². The number of aryl methyl sites for hydroxylation is 1. The fraction of sp³-hybridized carbons (Fsp3) is 0.607. The number of pyridine rings is 1. The second-order valence-corrected chi connectivity index (χ2v) is 10.6. The third-order valence-corrected chi connectivity index (χ3v) is 7.96. The van der Waals surface area contributed by atoms with Gasteiger partial charge >= 0.3 is 0 Å². The van der Waals surface area contributed by atoms with Crippen molar-refractivity contribution in [3.8, 4) is 0 Å². The van der Waals surface area contributed by atoms with E-state index in [0.29, 0.717) is 12.6 Å². The van der Waals surface area contributed by atoms with Gasteiger partial charge in [-0.15, -0.1) is 0 Å². The lowest BCUT2D eigenvalue weighted by atomic mass is 9.98. The molecule has 2 aliphatic rings. The van der Waals surface area contributed by atoms with Crippen molar-refractivity contribution in [3.05, 3.63) is 41.7 Å². The van der Waals surface area contributed by atoms with Gasteiger partial charge in [-0.1, -0.05) is 13.0 Å². The number of anilines is 3. The summed E-state index contributed by atoms with van der Waals surface area (Å²) < 4.78 is 1.92. The summed E-state index contributed by atoms with van der Waals surface area (Å²) >= 11 is 0. The Labute approximate surface area is 220 Å². The highest BCUT2D eigenvalue weighted by molar-refractivity contribution is 5.61. The Kier molecular flexibility index (Phi) is 8.41. The van der Waals surface area contributed by atoms with E-state index in [-0.39, 0.29) is 6.61 Å². The minimum absolute atomic E-state index is 0.206. The molecule has 3 N–H and O–H groups in total. The Balaban J connectivity index is 1.31. The van der Waals surface area contributed by atoms with Gasteiger partial charge in [0.25, 0.3) is 0 Å². The van der Waals surface area contributed by atoms with Crippen LogP contribution in [0.3, 0.4) is 0 Å². The van der Waals surface area contributed by atoms with Crippen molar-refractivity contribution in [1.29, 1.82) is 0 Å². The van der Waals surface area contributed by atoms with Crippen molar-refractivity contribution in [2.45, 2.75) is 64.5 Å². The van der Waals surface area contributed by atoms with Crippen LogP contribution < -0.4 is 20.4 Å². The van der Waals surface area contributed by atoms with Gasteiger partial charge in [0.15, 0.2) is 5.65 Å². The van der Waals surface area contributed by atoms with Crippen LogP contribution in [0.4, 0.5) is 17.5 Å². The maximum atomic E-state index is 9.62. The number of aliphatic hydroxyl groups excluding tert-OH is 1. The quantitative estimate of drug-likeness (QED) is 0.385. The largest absolute Gasteiger partial charge is 0.396 e. The molecule has 3 aromatic heterocycles. The maximum Gasteiger partial charge on any atom is 0.162 e. The summed E-state index contributed by atoms with van der Waals surface area (Å²) in [5.74, 6) is 3.66. The third-order valence-electron chi connectivity index (χ3n) is 7.96. The van der Waals surface area contributed by atoms with Crippen LogP contribution in [0.2, 0.25) is 0 Å². The number of hydrogen-bond acceptors (Lipinski definition) is 8. The molecule has 0 amide bonds. The number of nitrogens with zero attached hydrogens (tertiary/aromatic N) is 6. The average molecular weight is 507 g/mol. The molecule has 9 nitrogen and oxygen atoms in total. The predicted octanol–water partition coefficient (Wildman–Crippen LogP) is 3.48. The van der Waals surface area contributed by atoms with Gasteiger partial charge in [-0.25, -0.2) is 9.97 Å². The van der Waals surface area contributed by atoms with Gasteiger partial charge in [0.1, 0.15) is 17.5 Å². The van der Waals surface area contributed by atoms with Crippen LogP contribution in [0, 0.1) is 5.92 Å². The van der Waals surface area contributed by atoms with E-state index in [0.717, 1.165) is 92.0 Å². The van der Waals surface area contributed by atoms with E-state index in [1.165, 1.54) is 19.3 Å². The van der Waals surface area contributed by atoms with Crippen LogP contribution >= 0.6 is 0 Å². The minimum atomic E-state index is 0.206. The molecule has 200 valence electrons. The third kappa shape index (κ3) is 5.99. The van der Waals surface area contributed by atoms with E-state index in [1.54, 1.807) is 0 Å². The minimum Gasteiger partial charge on any atom is -0.396 e. The molecular weight excluding hydrogens is 464 g/mol. The summed E-state index contributed by atoms with van der Waals surface area (Å²) in [7, 11) is 2.14. The van der Waals surface area contributed by atoms with Crippen molar-refractivity contribution in [1.82, 2.24) is 24.9 Å². The molecule has 9 heteroatoms. The van der Waals surface area contributed by atoms with Crippen LogP contribution in [0.25, 0.3) is 5.65 Å². The lowest BCUT2D eigenvalue weighted by Crippen LogP contribution is -2.40. The van der Waals surface area contributed by atoms with E-state index in [1.807, 2.05) is 16.9 Å². The first kappa shape index (κ1) is 25.7. The Morgan fingerprint density at radius 2 is 2.03 bits per heavy atom. The van der Waals surface area contributed by atoms with Crippen molar-refractivity contribution in [3.63, 3.8) is 0 Å². The van der Waals surface area contributed by atoms with E-state index in [2.05, 4.69) is 57.7 Å². The number of aromatic nitrogens is 4. The van der Waals surface area contributed by atoms with Crippen LogP contribution in [-0.4, -0.2) is 70.6 Å². The number of piperidine rings is 2. The molecule has 0 radical (unpaired) electrons. The molecule has 1 atom stereocenters. The number of aliphatic hydroxyl groups is 1. The molecule has 2 fully saturated rings. The number of rotatable bonds is 10. The van der Waals surface area contributed by atoms with E-state index < -0.39 is 0 Å². The first-order valence-electron chi connectivity index (χ1n) is 14.0. The van der Waals surface area contributed by atoms with Crippen molar-refractivity contribution in [2.75, 3.05) is 55.0 Å². The highest BCUT2D eigenvalue weighted by Crippen LogP contribution is 2.29. The topological polar surface area (TPSA) is 93.9 Å². The number of fused-ring (bicyclic) bond motifs is 1. The second kappa shape index (κ2) is 12.1. The summed E-state index contributed by atoms with van der Waals surface area (Å²) in [4.78, 5) is 14.5. The standard InChI is InChI=1S/C28H42N8O/c1-3-23-19-32-36-26(16-27(33-28(23)36)35-14-5-4-6-24(35)11-15-37)31-18-22-7-8-25(30-17-22)34(2)20-21-9-12-29-13-10-21/h7-8,16-17,19,21,24,29,31,37H,3-6,9-15,18,20H2,1-2H3/t24-/m0/s1. The summed E-state index contributed by atoms with van der Waals surface area (Å²) in [6, 6.07) is 6.73. The summed E-state index contributed by atoms with van der Waals surface area (Å²) in [5, 5.41) is 21.3. The SMILES string of the molecule is CCc1cnn2c(NCc3ccc(N(C)CC4CCNCC4)nc3)cc(N3CCCC[C@H]3CCO)nc12. The Hall–Kier alpha value is -2.91. The highest BCUT2D eigenvalue weighted by atomic mass is 16.3. The Morgan fingerprint density at radius 3 is 2.78 bits per heavy atom. The first-order valence-corrected chi connectivity index (χ1v) is 14.0. The van der Waals surface area contributed by atoms with Crippen LogP contribution in [-0.2, 0) is 13.0 Å². The highest BCUT2D eigenvalue weighted by Gasteiger charge is 2.25. The fourth-order valence-corrected chi connectivity index (χ4v) is 5.75. The zero-order chi connectivity index (χ0) is 25.6. The van der Waals surface area contributed by atoms with Crippen molar-refractivity contribution in [2.24, 2.45) is 5.92 Å². The molecular formula is C28H42N8O. The second-order valence-electron chi connectivity index (χ2n) is 10.6. The van der Waals surface area contributed by atoms with Gasteiger partial charge in [-0.3, -0.25) is 0 Å². The molecule has 0 aromatic carbocycles. The number of hydrogen-bond donors (Lipinski definition) is 3. The van der Waals surface area contributed by atoms with Gasteiger partial charge in [0.2, 0.25) is 0 Å². The summed E-state index contributed by atoms with van der Waals surface area (Å²) in [5.41, 5.74) is 3.18. The molecule has 5 heterocycles. The fourth-order valence-electron chi connectivity index (χ4n) is 5.75. The molecule has 0 aliphatic carbocycles. The Bertz CT molecular complexity index is 1140. The van der Waals surface area contributed by atoms with Gasteiger partial charge < -0.3 is 25.5 Å². The van der Waals surface area contributed by atoms with Gasteiger partial charge in [0.05, 0.1) is 6.20 Å². The van der Waals surface area contributed by atoms with Crippen LogP contribution in [0.5, 0.6) is 0 Å². The molecule has 37 heavy (non-hydrogen) atoms. The normalized spacial score (nSPS) is 18.9. The molecule has 5 rings (SSSR count). The molecule has 0 bridgehead atoms. The molecule has 0 saturated carbocycles. The van der Waals surface area contributed by atoms with Crippen LogP contribution in [0.15, 0.2) is 30.6 Å². The maximum absolute atomic E-state index is 9.62. The lowest BCUT2D eigenvalue weighted by Gasteiger charge is -2.36. The molecule has 2 saturated heterocycles. The molecule has 0 unspecified atom stereocenters.